The second kappa shape index (κ2) is 5.31. The molecule has 2 aliphatic rings. The average molecular weight is 210 g/mol. The molecule has 1 N–H and O–H groups in total. The summed E-state index contributed by atoms with van der Waals surface area (Å²) in [6.45, 7) is 8.45. The van der Waals surface area contributed by atoms with Crippen molar-refractivity contribution in [3.8, 4) is 0 Å². The van der Waals surface area contributed by atoms with Crippen LogP contribution >= 0.6 is 0 Å². The molecule has 0 spiro atoms. The van der Waals surface area contributed by atoms with Crippen molar-refractivity contribution in [1.29, 1.82) is 0 Å². The Morgan fingerprint density at radius 2 is 2.00 bits per heavy atom. The monoisotopic (exact) mass is 210 g/mol. The van der Waals surface area contributed by atoms with Crippen LogP contribution in [0.3, 0.4) is 0 Å². The highest BCUT2D eigenvalue weighted by Gasteiger charge is 2.37. The maximum atomic E-state index is 3.74. The molecule has 1 heterocycles. The van der Waals surface area contributed by atoms with Gasteiger partial charge >= 0.3 is 0 Å². The van der Waals surface area contributed by atoms with E-state index < -0.39 is 0 Å². The maximum Gasteiger partial charge on any atom is 0.0249 e. The molecule has 2 atom stereocenters. The lowest BCUT2D eigenvalue weighted by Crippen LogP contribution is -2.57. The molecule has 88 valence electrons. The number of nitrogens with zero attached hydrogens (tertiary/aromatic N) is 1. The summed E-state index contributed by atoms with van der Waals surface area (Å²) >= 11 is 0. The minimum atomic E-state index is 0.761. The van der Waals surface area contributed by atoms with E-state index in [-0.39, 0.29) is 0 Å². The normalized spacial score (nSPS) is 33.2. The van der Waals surface area contributed by atoms with E-state index in [1.165, 1.54) is 51.7 Å². The molecule has 0 bridgehead atoms. The van der Waals surface area contributed by atoms with Crippen LogP contribution in [0, 0.1) is 5.92 Å². The van der Waals surface area contributed by atoms with Crippen molar-refractivity contribution >= 4 is 0 Å². The lowest BCUT2D eigenvalue weighted by Gasteiger charge is -2.40. The van der Waals surface area contributed by atoms with Crippen LogP contribution in [0.4, 0.5) is 0 Å². The van der Waals surface area contributed by atoms with Gasteiger partial charge in [0.1, 0.15) is 0 Å². The molecule has 1 aliphatic carbocycles. The van der Waals surface area contributed by atoms with E-state index in [0.717, 1.165) is 18.0 Å². The minimum Gasteiger partial charge on any atom is -0.311 e. The van der Waals surface area contributed by atoms with Gasteiger partial charge in [0.15, 0.2) is 0 Å². The second-order valence-corrected chi connectivity index (χ2v) is 5.29. The lowest BCUT2D eigenvalue weighted by molar-refractivity contribution is 0.112. The molecule has 0 aromatic carbocycles. The molecule has 0 aromatic heterocycles. The van der Waals surface area contributed by atoms with Crippen LogP contribution in [0.5, 0.6) is 0 Å². The minimum absolute atomic E-state index is 0.761. The summed E-state index contributed by atoms with van der Waals surface area (Å²) in [6.07, 6.45) is 6.92. The molecule has 2 nitrogen and oxygen atoms in total. The fourth-order valence-electron chi connectivity index (χ4n) is 2.93. The second-order valence-electron chi connectivity index (χ2n) is 5.29. The molecule has 2 heteroatoms. The Balaban J connectivity index is 1.86. The molecular weight excluding hydrogens is 184 g/mol. The summed E-state index contributed by atoms with van der Waals surface area (Å²) in [4.78, 5) is 2.76. The zero-order valence-electron chi connectivity index (χ0n) is 10.3. The fourth-order valence-corrected chi connectivity index (χ4v) is 2.93. The average Bonchev–Trinajstić information content (AvgIpc) is 3.03. The third-order valence-corrected chi connectivity index (χ3v) is 3.85. The van der Waals surface area contributed by atoms with Crippen molar-refractivity contribution in [1.82, 2.24) is 10.2 Å². The number of rotatable bonds is 5. The van der Waals surface area contributed by atoms with Crippen LogP contribution < -0.4 is 5.32 Å². The first-order valence-electron chi connectivity index (χ1n) is 6.82. The Bertz CT molecular complexity index is 189. The van der Waals surface area contributed by atoms with Crippen molar-refractivity contribution < 1.29 is 0 Å². The molecule has 15 heavy (non-hydrogen) atoms. The third kappa shape index (κ3) is 2.94. The molecule has 1 saturated heterocycles. The van der Waals surface area contributed by atoms with Crippen LogP contribution in [-0.2, 0) is 0 Å². The first kappa shape index (κ1) is 11.4. The highest BCUT2D eigenvalue weighted by Crippen LogP contribution is 2.36. The van der Waals surface area contributed by atoms with Gasteiger partial charge in [0.25, 0.3) is 0 Å². The van der Waals surface area contributed by atoms with Crippen LogP contribution in [0.15, 0.2) is 0 Å². The van der Waals surface area contributed by atoms with Gasteiger partial charge in [0.2, 0.25) is 0 Å². The molecule has 1 aliphatic heterocycles. The largest absolute Gasteiger partial charge is 0.311 e. The molecule has 2 unspecified atom stereocenters. The van der Waals surface area contributed by atoms with Crippen molar-refractivity contribution in [3.05, 3.63) is 0 Å². The van der Waals surface area contributed by atoms with E-state index in [0.29, 0.717) is 0 Å². The smallest absolute Gasteiger partial charge is 0.0249 e. The Labute approximate surface area is 94.4 Å². The number of piperazine rings is 1. The summed E-state index contributed by atoms with van der Waals surface area (Å²) < 4.78 is 0. The first-order chi connectivity index (χ1) is 7.35. The predicted octanol–water partition coefficient (Wildman–Crippen LogP) is 2.25. The van der Waals surface area contributed by atoms with Crippen molar-refractivity contribution in [3.63, 3.8) is 0 Å². The molecule has 0 amide bonds. The highest BCUT2D eigenvalue weighted by atomic mass is 15.2. The number of hydrogen-bond acceptors (Lipinski definition) is 2. The van der Waals surface area contributed by atoms with Gasteiger partial charge < -0.3 is 5.32 Å². The summed E-state index contributed by atoms with van der Waals surface area (Å²) in [6, 6.07) is 1.62. The van der Waals surface area contributed by atoms with Crippen LogP contribution in [-0.4, -0.2) is 36.6 Å². The van der Waals surface area contributed by atoms with Crippen molar-refractivity contribution in [2.45, 2.75) is 58.0 Å². The Morgan fingerprint density at radius 3 is 2.60 bits per heavy atom. The van der Waals surface area contributed by atoms with E-state index in [2.05, 4.69) is 24.1 Å². The Hall–Kier alpha value is -0.0800. The van der Waals surface area contributed by atoms with Gasteiger partial charge in [-0.3, -0.25) is 4.90 Å². The summed E-state index contributed by atoms with van der Waals surface area (Å²) in [5.74, 6) is 1.02. The topological polar surface area (TPSA) is 15.3 Å². The van der Waals surface area contributed by atoms with Gasteiger partial charge in [0.05, 0.1) is 0 Å². The Kier molecular flexibility index (Phi) is 4.04. The Morgan fingerprint density at radius 1 is 1.20 bits per heavy atom. The predicted molar refractivity (Wildman–Crippen MR) is 65.1 cm³/mol. The summed E-state index contributed by atoms with van der Waals surface area (Å²) in [5.41, 5.74) is 0. The lowest BCUT2D eigenvalue weighted by atomic mass is 10.0. The summed E-state index contributed by atoms with van der Waals surface area (Å²) in [5, 5.41) is 3.74. The third-order valence-electron chi connectivity index (χ3n) is 3.85. The standard InChI is InChI=1S/C13H26N2/c1-3-5-12-10-15(8-4-2)13(9-14-12)11-6-7-11/h11-14H,3-10H2,1-2H3. The molecule has 0 aromatic rings. The van der Waals surface area contributed by atoms with Gasteiger partial charge in [-0.15, -0.1) is 0 Å². The van der Waals surface area contributed by atoms with Gasteiger partial charge in [-0.25, -0.2) is 0 Å². The SMILES string of the molecule is CCCC1CN(CCC)C(C2CC2)CN1. The van der Waals surface area contributed by atoms with E-state index in [4.69, 9.17) is 0 Å². The number of nitrogens with one attached hydrogen (secondary N) is 1. The highest BCUT2D eigenvalue weighted by molar-refractivity contribution is 4.94. The molecule has 0 radical (unpaired) electrons. The van der Waals surface area contributed by atoms with E-state index in [1.807, 2.05) is 0 Å². The van der Waals surface area contributed by atoms with E-state index in [1.54, 1.807) is 0 Å². The van der Waals surface area contributed by atoms with E-state index >= 15 is 0 Å². The van der Waals surface area contributed by atoms with Crippen LogP contribution in [0.2, 0.25) is 0 Å². The fraction of sp³-hybridized carbons (Fsp3) is 1.00. The molecule has 1 saturated carbocycles. The van der Waals surface area contributed by atoms with Crippen LogP contribution in [0.1, 0.15) is 46.0 Å². The zero-order chi connectivity index (χ0) is 10.7. The van der Waals surface area contributed by atoms with E-state index in [9.17, 15) is 0 Å². The van der Waals surface area contributed by atoms with Crippen LogP contribution in [0.25, 0.3) is 0 Å². The maximum absolute atomic E-state index is 3.74. The molecule has 2 rings (SSSR count). The first-order valence-corrected chi connectivity index (χ1v) is 6.82. The summed E-state index contributed by atoms with van der Waals surface area (Å²) in [7, 11) is 0. The molecular formula is C13H26N2. The van der Waals surface area contributed by atoms with Gasteiger partial charge in [0, 0.05) is 25.2 Å². The zero-order valence-corrected chi connectivity index (χ0v) is 10.3. The van der Waals surface area contributed by atoms with Gasteiger partial charge in [-0.05, 0) is 38.1 Å². The van der Waals surface area contributed by atoms with Crippen molar-refractivity contribution in [2.75, 3.05) is 19.6 Å². The van der Waals surface area contributed by atoms with Gasteiger partial charge in [-0.2, -0.15) is 0 Å². The number of hydrogen-bond donors (Lipinski definition) is 1. The quantitative estimate of drug-likeness (QED) is 0.749. The van der Waals surface area contributed by atoms with Gasteiger partial charge in [-0.1, -0.05) is 20.3 Å². The van der Waals surface area contributed by atoms with Crippen molar-refractivity contribution in [2.24, 2.45) is 5.92 Å². The molecule has 2 fully saturated rings.